The summed E-state index contributed by atoms with van der Waals surface area (Å²) in [4.78, 5) is 15.3. The molecule has 1 aliphatic heterocycles. The second kappa shape index (κ2) is 8.45. The van der Waals surface area contributed by atoms with Gasteiger partial charge >= 0.3 is 0 Å². The van der Waals surface area contributed by atoms with Crippen LogP contribution in [0.5, 0.6) is 0 Å². The van der Waals surface area contributed by atoms with E-state index in [0.29, 0.717) is 12.2 Å². The molecular formula is C22H31N5O. The average Bonchev–Trinajstić information content (AvgIpc) is 3.29. The van der Waals surface area contributed by atoms with Gasteiger partial charge in [-0.3, -0.25) is 4.79 Å². The maximum absolute atomic E-state index is 12.8. The first-order valence-electron chi connectivity index (χ1n) is 10.5. The van der Waals surface area contributed by atoms with E-state index in [1.54, 1.807) is 0 Å². The molecule has 2 N–H and O–H groups in total. The Balaban J connectivity index is 1.43. The number of carbonyl (C=O) groups excluding carboxylic acids is 1. The standard InChI is InChI=1S/C22H31N5O/c1-16-7-8-19(17(2)15-16)27-20-6-3-5-18(20)21(25-27)22(28)24-9-4-12-26-13-10-23-11-14-26/h7-8,15,23H,3-6,9-14H2,1-2H3,(H,24,28). The number of aromatic nitrogens is 2. The number of piperazine rings is 1. The highest BCUT2D eigenvalue weighted by atomic mass is 16.1. The molecule has 0 bridgehead atoms. The number of aryl methyl sites for hydroxylation is 2. The Morgan fingerprint density at radius 1 is 1.21 bits per heavy atom. The van der Waals surface area contributed by atoms with Crippen LogP contribution in [0.15, 0.2) is 18.2 Å². The Bertz CT molecular complexity index is 851. The van der Waals surface area contributed by atoms with Gasteiger partial charge in [0.1, 0.15) is 0 Å². The number of hydrogen-bond acceptors (Lipinski definition) is 4. The first-order chi connectivity index (χ1) is 13.6. The first kappa shape index (κ1) is 19.2. The van der Waals surface area contributed by atoms with Crippen molar-refractivity contribution in [2.45, 2.75) is 39.5 Å². The normalized spacial score (nSPS) is 16.9. The monoisotopic (exact) mass is 381 g/mol. The number of amides is 1. The third kappa shape index (κ3) is 3.98. The Kier molecular flexibility index (Phi) is 5.78. The zero-order valence-corrected chi connectivity index (χ0v) is 17.1. The lowest BCUT2D eigenvalue weighted by Gasteiger charge is -2.27. The zero-order chi connectivity index (χ0) is 19.5. The van der Waals surface area contributed by atoms with E-state index in [4.69, 9.17) is 5.10 Å². The highest BCUT2D eigenvalue weighted by Gasteiger charge is 2.27. The minimum absolute atomic E-state index is 0.0259. The number of nitrogens with one attached hydrogen (secondary N) is 2. The average molecular weight is 382 g/mol. The van der Waals surface area contributed by atoms with Crippen LogP contribution in [0.1, 0.15) is 45.7 Å². The van der Waals surface area contributed by atoms with Crippen LogP contribution in [0.3, 0.4) is 0 Å². The lowest BCUT2D eigenvalue weighted by molar-refractivity contribution is 0.0945. The van der Waals surface area contributed by atoms with Crippen molar-refractivity contribution < 1.29 is 4.79 Å². The Morgan fingerprint density at radius 2 is 2.04 bits per heavy atom. The number of carbonyl (C=O) groups is 1. The molecule has 1 fully saturated rings. The lowest BCUT2D eigenvalue weighted by atomic mass is 10.1. The van der Waals surface area contributed by atoms with E-state index in [1.807, 2.05) is 4.68 Å². The predicted molar refractivity (Wildman–Crippen MR) is 111 cm³/mol. The number of benzene rings is 1. The second-order valence-corrected chi connectivity index (χ2v) is 8.03. The van der Waals surface area contributed by atoms with E-state index >= 15 is 0 Å². The maximum Gasteiger partial charge on any atom is 0.272 e. The Morgan fingerprint density at radius 3 is 2.82 bits per heavy atom. The molecule has 6 nitrogen and oxygen atoms in total. The van der Waals surface area contributed by atoms with E-state index in [1.165, 1.54) is 16.8 Å². The lowest BCUT2D eigenvalue weighted by Crippen LogP contribution is -2.44. The highest BCUT2D eigenvalue weighted by Crippen LogP contribution is 2.29. The molecule has 1 aliphatic carbocycles. The van der Waals surface area contributed by atoms with Gasteiger partial charge in [0.25, 0.3) is 5.91 Å². The summed E-state index contributed by atoms with van der Waals surface area (Å²) in [5.41, 5.74) is 6.49. The molecule has 2 aliphatic rings. The van der Waals surface area contributed by atoms with Crippen molar-refractivity contribution >= 4 is 5.91 Å². The Labute approximate surface area is 167 Å². The quantitative estimate of drug-likeness (QED) is 0.752. The molecule has 0 spiro atoms. The minimum Gasteiger partial charge on any atom is -0.351 e. The molecule has 4 rings (SSSR count). The van der Waals surface area contributed by atoms with Crippen molar-refractivity contribution in [1.82, 2.24) is 25.3 Å². The Hall–Kier alpha value is -2.18. The maximum atomic E-state index is 12.8. The fourth-order valence-electron chi connectivity index (χ4n) is 4.39. The van der Waals surface area contributed by atoms with Gasteiger partial charge in [0.2, 0.25) is 0 Å². The molecular weight excluding hydrogens is 350 g/mol. The van der Waals surface area contributed by atoms with Crippen molar-refractivity contribution in [2.75, 3.05) is 39.3 Å². The van der Waals surface area contributed by atoms with Crippen molar-refractivity contribution in [3.8, 4) is 5.69 Å². The van der Waals surface area contributed by atoms with Gasteiger partial charge in [0.05, 0.1) is 5.69 Å². The molecule has 1 aromatic carbocycles. The van der Waals surface area contributed by atoms with Crippen molar-refractivity contribution in [1.29, 1.82) is 0 Å². The molecule has 2 aromatic rings. The summed E-state index contributed by atoms with van der Waals surface area (Å²) in [5.74, 6) is -0.0259. The molecule has 0 saturated carbocycles. The summed E-state index contributed by atoms with van der Waals surface area (Å²) in [6.07, 6.45) is 4.02. The van der Waals surface area contributed by atoms with Gasteiger partial charge in [-0.15, -0.1) is 0 Å². The smallest absolute Gasteiger partial charge is 0.272 e. The fraction of sp³-hybridized carbons (Fsp3) is 0.545. The van der Waals surface area contributed by atoms with Crippen LogP contribution in [0, 0.1) is 13.8 Å². The summed E-state index contributed by atoms with van der Waals surface area (Å²) >= 11 is 0. The van der Waals surface area contributed by atoms with E-state index < -0.39 is 0 Å². The zero-order valence-electron chi connectivity index (χ0n) is 17.1. The van der Waals surface area contributed by atoms with Crippen LogP contribution in [0.25, 0.3) is 5.69 Å². The van der Waals surface area contributed by atoms with Crippen molar-refractivity contribution in [3.63, 3.8) is 0 Å². The van der Waals surface area contributed by atoms with E-state index in [9.17, 15) is 4.79 Å². The van der Waals surface area contributed by atoms with E-state index in [0.717, 1.165) is 69.7 Å². The highest BCUT2D eigenvalue weighted by molar-refractivity contribution is 5.94. The molecule has 6 heteroatoms. The third-order valence-electron chi connectivity index (χ3n) is 5.87. The van der Waals surface area contributed by atoms with Crippen LogP contribution in [0.2, 0.25) is 0 Å². The molecule has 0 unspecified atom stereocenters. The predicted octanol–water partition coefficient (Wildman–Crippen LogP) is 2.00. The van der Waals surface area contributed by atoms with Gasteiger partial charge in [-0.25, -0.2) is 4.68 Å². The van der Waals surface area contributed by atoms with Gasteiger partial charge in [-0.2, -0.15) is 5.10 Å². The summed E-state index contributed by atoms with van der Waals surface area (Å²) < 4.78 is 2.01. The van der Waals surface area contributed by atoms with Gasteiger partial charge in [-0.1, -0.05) is 17.7 Å². The number of fused-ring (bicyclic) bond motifs is 1. The van der Waals surface area contributed by atoms with E-state index in [2.05, 4.69) is 47.6 Å². The first-order valence-corrected chi connectivity index (χ1v) is 10.5. The van der Waals surface area contributed by atoms with E-state index in [-0.39, 0.29) is 5.91 Å². The minimum atomic E-state index is -0.0259. The summed E-state index contributed by atoms with van der Waals surface area (Å²) in [7, 11) is 0. The number of nitrogens with zero attached hydrogens (tertiary/aromatic N) is 3. The SMILES string of the molecule is Cc1ccc(-n2nc(C(=O)NCCCN3CCNCC3)c3c2CCC3)c(C)c1. The molecule has 28 heavy (non-hydrogen) atoms. The molecule has 0 atom stereocenters. The van der Waals surface area contributed by atoms with Crippen LogP contribution in [-0.2, 0) is 12.8 Å². The van der Waals surface area contributed by atoms with Crippen molar-refractivity contribution in [2.24, 2.45) is 0 Å². The summed E-state index contributed by atoms with van der Waals surface area (Å²) in [5, 5.41) is 11.2. The molecule has 1 saturated heterocycles. The van der Waals surface area contributed by atoms with Crippen LogP contribution >= 0.6 is 0 Å². The van der Waals surface area contributed by atoms with Gasteiger partial charge in [0.15, 0.2) is 5.69 Å². The largest absolute Gasteiger partial charge is 0.351 e. The van der Waals surface area contributed by atoms with Gasteiger partial charge in [0, 0.05) is 44.0 Å². The van der Waals surface area contributed by atoms with Crippen LogP contribution in [-0.4, -0.2) is 59.9 Å². The molecule has 1 amide bonds. The topological polar surface area (TPSA) is 62.2 Å². The van der Waals surface area contributed by atoms with Gasteiger partial charge < -0.3 is 15.5 Å². The number of rotatable bonds is 6. The number of hydrogen-bond donors (Lipinski definition) is 2. The molecule has 2 heterocycles. The second-order valence-electron chi connectivity index (χ2n) is 8.03. The fourth-order valence-corrected chi connectivity index (χ4v) is 4.39. The summed E-state index contributed by atoms with van der Waals surface area (Å²) in [6, 6.07) is 6.40. The molecule has 0 radical (unpaired) electrons. The summed E-state index contributed by atoms with van der Waals surface area (Å²) in [6.45, 7) is 10.3. The van der Waals surface area contributed by atoms with Crippen LogP contribution in [0.4, 0.5) is 0 Å². The van der Waals surface area contributed by atoms with Crippen molar-refractivity contribution in [3.05, 3.63) is 46.3 Å². The third-order valence-corrected chi connectivity index (χ3v) is 5.87. The van der Waals surface area contributed by atoms with Gasteiger partial charge in [-0.05, 0) is 57.7 Å². The van der Waals surface area contributed by atoms with Crippen LogP contribution < -0.4 is 10.6 Å². The molecule has 1 aromatic heterocycles. The molecule has 150 valence electrons.